The zero-order valence-corrected chi connectivity index (χ0v) is 11.1. The van der Waals surface area contributed by atoms with Crippen LogP contribution in [0.2, 0.25) is 10.0 Å². The van der Waals surface area contributed by atoms with E-state index in [0.29, 0.717) is 16.9 Å². The van der Waals surface area contributed by atoms with Gasteiger partial charge in [0.25, 0.3) is 0 Å². The van der Waals surface area contributed by atoms with Gasteiger partial charge in [-0.15, -0.1) is 0 Å². The van der Waals surface area contributed by atoms with E-state index in [1.165, 1.54) is 5.56 Å². The van der Waals surface area contributed by atoms with Crippen molar-refractivity contribution in [1.82, 2.24) is 0 Å². The topological polar surface area (TPSA) is 20.2 Å². The third kappa shape index (κ3) is 1.98. The Balaban J connectivity index is 1.89. The number of halogens is 2. The number of phenols is 1. The van der Waals surface area contributed by atoms with E-state index >= 15 is 0 Å². The molecule has 2 atom stereocenters. The van der Waals surface area contributed by atoms with Gasteiger partial charge in [0.1, 0.15) is 10.8 Å². The maximum Gasteiger partial charge on any atom is 0.135 e. The molecule has 0 saturated heterocycles. The van der Waals surface area contributed by atoms with E-state index < -0.39 is 0 Å². The molecule has 0 aromatic heterocycles. The first-order chi connectivity index (χ1) is 8.68. The molecule has 2 unspecified atom stereocenters. The maximum atomic E-state index is 9.49. The second-order valence-corrected chi connectivity index (χ2v) is 5.42. The third-order valence-electron chi connectivity index (χ3n) is 3.51. The molecule has 1 aliphatic carbocycles. The van der Waals surface area contributed by atoms with Crippen LogP contribution in [0.3, 0.4) is 0 Å². The van der Waals surface area contributed by atoms with Crippen LogP contribution in [0.5, 0.6) is 5.75 Å². The molecule has 3 rings (SSSR count). The maximum absolute atomic E-state index is 9.49. The molecule has 0 radical (unpaired) electrons. The predicted molar refractivity (Wildman–Crippen MR) is 74.7 cm³/mol. The van der Waals surface area contributed by atoms with E-state index in [1.807, 2.05) is 12.1 Å². The summed E-state index contributed by atoms with van der Waals surface area (Å²) in [5.41, 5.74) is 2.37. The van der Waals surface area contributed by atoms with Crippen molar-refractivity contribution < 1.29 is 5.11 Å². The highest BCUT2D eigenvalue weighted by Crippen LogP contribution is 2.57. The van der Waals surface area contributed by atoms with Crippen molar-refractivity contribution in [1.29, 1.82) is 0 Å². The highest BCUT2D eigenvalue weighted by molar-refractivity contribution is 6.43. The molecule has 1 saturated carbocycles. The van der Waals surface area contributed by atoms with Crippen molar-refractivity contribution >= 4 is 23.2 Å². The fraction of sp³-hybridized carbons (Fsp3) is 0.200. The van der Waals surface area contributed by atoms with Crippen molar-refractivity contribution in [2.75, 3.05) is 0 Å². The zero-order valence-electron chi connectivity index (χ0n) is 9.61. The Bertz CT molecular complexity index is 581. The summed E-state index contributed by atoms with van der Waals surface area (Å²) in [5, 5.41) is 10.2. The van der Waals surface area contributed by atoms with Gasteiger partial charge >= 0.3 is 0 Å². The molecular weight excluding hydrogens is 267 g/mol. The summed E-state index contributed by atoms with van der Waals surface area (Å²) in [6.07, 6.45) is 1.09. The Kier molecular flexibility index (Phi) is 2.96. The lowest BCUT2D eigenvalue weighted by Crippen LogP contribution is -1.87. The van der Waals surface area contributed by atoms with Crippen molar-refractivity contribution in [3.63, 3.8) is 0 Å². The quantitative estimate of drug-likeness (QED) is 0.822. The van der Waals surface area contributed by atoms with Crippen LogP contribution < -0.4 is 0 Å². The largest absolute Gasteiger partial charge is 0.506 e. The van der Waals surface area contributed by atoms with Crippen LogP contribution in [0.1, 0.15) is 29.4 Å². The van der Waals surface area contributed by atoms with Crippen LogP contribution in [0.25, 0.3) is 0 Å². The molecule has 92 valence electrons. The van der Waals surface area contributed by atoms with Crippen LogP contribution in [0.4, 0.5) is 0 Å². The Morgan fingerprint density at radius 1 is 0.889 bits per heavy atom. The van der Waals surface area contributed by atoms with Gasteiger partial charge in [-0.05, 0) is 35.4 Å². The molecule has 0 amide bonds. The van der Waals surface area contributed by atoms with E-state index in [4.69, 9.17) is 23.2 Å². The molecule has 1 aliphatic rings. The normalized spacial score (nSPS) is 21.9. The van der Waals surface area contributed by atoms with E-state index in [-0.39, 0.29) is 10.8 Å². The first-order valence-corrected chi connectivity index (χ1v) is 6.66. The van der Waals surface area contributed by atoms with Crippen molar-refractivity contribution in [3.05, 3.63) is 63.6 Å². The Labute approximate surface area is 116 Å². The Morgan fingerprint density at radius 3 is 2.33 bits per heavy atom. The summed E-state index contributed by atoms with van der Waals surface area (Å²) in [4.78, 5) is 0. The summed E-state index contributed by atoms with van der Waals surface area (Å²) in [6, 6.07) is 13.9. The highest BCUT2D eigenvalue weighted by Gasteiger charge is 2.40. The van der Waals surface area contributed by atoms with Gasteiger partial charge in [0.05, 0.1) is 5.02 Å². The summed E-state index contributed by atoms with van der Waals surface area (Å²) in [5.74, 6) is 0.977. The molecule has 0 heterocycles. The average molecular weight is 279 g/mol. The van der Waals surface area contributed by atoms with Gasteiger partial charge in [0, 0.05) is 0 Å². The molecule has 3 heteroatoms. The van der Waals surface area contributed by atoms with Crippen LogP contribution in [0.15, 0.2) is 42.5 Å². The molecule has 0 aliphatic heterocycles. The average Bonchev–Trinajstić information content (AvgIpc) is 3.17. The summed E-state index contributed by atoms with van der Waals surface area (Å²) < 4.78 is 0. The number of aromatic hydroxyl groups is 1. The van der Waals surface area contributed by atoms with Gasteiger partial charge in [0.2, 0.25) is 0 Å². The minimum Gasteiger partial charge on any atom is -0.506 e. The lowest BCUT2D eigenvalue weighted by molar-refractivity contribution is 0.475. The van der Waals surface area contributed by atoms with Gasteiger partial charge in [-0.25, -0.2) is 0 Å². The molecule has 2 aromatic rings. The predicted octanol–water partition coefficient (Wildman–Crippen LogP) is 4.97. The summed E-state index contributed by atoms with van der Waals surface area (Å²) in [6.45, 7) is 0. The van der Waals surface area contributed by atoms with E-state index in [2.05, 4.69) is 24.3 Å². The van der Waals surface area contributed by atoms with E-state index in [1.54, 1.807) is 6.07 Å². The standard InChI is InChI=1S/C15H12Cl2O/c16-14-10(6-7-13(18)15(14)17)12-8-11(12)9-4-2-1-3-5-9/h1-7,11-12,18H,8H2. The second-order valence-electron chi connectivity index (χ2n) is 4.66. The Hall–Kier alpha value is -1.18. The third-order valence-corrected chi connectivity index (χ3v) is 4.40. The molecular formula is C15H12Cl2O. The molecule has 0 bridgehead atoms. The number of phenolic OH excluding ortho intramolecular Hbond substituents is 1. The van der Waals surface area contributed by atoms with Gasteiger partial charge in [0.15, 0.2) is 0 Å². The van der Waals surface area contributed by atoms with Crippen LogP contribution in [-0.2, 0) is 0 Å². The van der Waals surface area contributed by atoms with Crippen molar-refractivity contribution in [2.24, 2.45) is 0 Å². The number of hydrogen-bond donors (Lipinski definition) is 1. The smallest absolute Gasteiger partial charge is 0.135 e. The van der Waals surface area contributed by atoms with Crippen LogP contribution in [-0.4, -0.2) is 5.11 Å². The summed E-state index contributed by atoms with van der Waals surface area (Å²) >= 11 is 12.2. The Morgan fingerprint density at radius 2 is 1.61 bits per heavy atom. The molecule has 1 fully saturated rings. The molecule has 0 spiro atoms. The lowest BCUT2D eigenvalue weighted by Gasteiger charge is -2.07. The van der Waals surface area contributed by atoms with E-state index in [9.17, 15) is 5.11 Å². The van der Waals surface area contributed by atoms with Crippen molar-refractivity contribution in [3.8, 4) is 5.75 Å². The first-order valence-electron chi connectivity index (χ1n) is 5.90. The fourth-order valence-electron chi connectivity index (χ4n) is 2.45. The highest BCUT2D eigenvalue weighted by atomic mass is 35.5. The van der Waals surface area contributed by atoms with Gasteiger partial charge in [-0.2, -0.15) is 0 Å². The van der Waals surface area contributed by atoms with Gasteiger partial charge in [-0.1, -0.05) is 59.6 Å². The number of rotatable bonds is 2. The van der Waals surface area contributed by atoms with Crippen LogP contribution in [0, 0.1) is 0 Å². The molecule has 1 N–H and O–H groups in total. The minimum absolute atomic E-state index is 0.0438. The monoisotopic (exact) mass is 278 g/mol. The van der Waals surface area contributed by atoms with E-state index in [0.717, 1.165) is 12.0 Å². The number of hydrogen-bond acceptors (Lipinski definition) is 1. The first kappa shape index (κ1) is 11.9. The molecule has 1 nitrogen and oxygen atoms in total. The second kappa shape index (κ2) is 4.49. The number of benzene rings is 2. The summed E-state index contributed by atoms with van der Waals surface area (Å²) in [7, 11) is 0. The van der Waals surface area contributed by atoms with Gasteiger partial charge in [-0.3, -0.25) is 0 Å². The molecule has 18 heavy (non-hydrogen) atoms. The SMILES string of the molecule is Oc1ccc(C2CC2c2ccccc2)c(Cl)c1Cl. The fourth-order valence-corrected chi connectivity index (χ4v) is 2.92. The lowest BCUT2D eigenvalue weighted by atomic mass is 10.0. The molecule has 2 aromatic carbocycles. The van der Waals surface area contributed by atoms with Crippen molar-refractivity contribution in [2.45, 2.75) is 18.3 Å². The van der Waals surface area contributed by atoms with Crippen LogP contribution >= 0.6 is 23.2 Å². The minimum atomic E-state index is 0.0438. The van der Waals surface area contributed by atoms with Gasteiger partial charge < -0.3 is 5.11 Å². The zero-order chi connectivity index (χ0) is 12.7.